The average molecular weight is 447 g/mol. The van der Waals surface area contributed by atoms with Crippen LogP contribution in [0.4, 0.5) is 5.13 Å². The Bertz CT molecular complexity index is 998. The van der Waals surface area contributed by atoms with Gasteiger partial charge in [0.15, 0.2) is 10.8 Å². The van der Waals surface area contributed by atoms with Gasteiger partial charge in [0.1, 0.15) is 12.4 Å². The lowest BCUT2D eigenvalue weighted by Gasteiger charge is -2.30. The van der Waals surface area contributed by atoms with E-state index in [9.17, 15) is 9.59 Å². The summed E-state index contributed by atoms with van der Waals surface area (Å²) in [5.41, 5.74) is 0. The van der Waals surface area contributed by atoms with Gasteiger partial charge in [-0.15, -0.1) is 10.2 Å². The zero-order valence-electron chi connectivity index (χ0n) is 15.9. The second-order valence-electron chi connectivity index (χ2n) is 6.78. The van der Waals surface area contributed by atoms with Gasteiger partial charge in [-0.25, -0.2) is 0 Å². The van der Waals surface area contributed by atoms with Gasteiger partial charge in [-0.05, 0) is 49.2 Å². The standard InChI is InChI=1S/C20H19ClN4O4S/c21-14-3-5-15(6-4-14)29-12-17-23-24-20(30-17)22-18(26)13-7-9-25(10-8-13)19(27)16-2-1-11-28-16/h1-6,11,13H,7-10,12H2,(H,22,24,26). The number of benzene rings is 1. The average Bonchev–Trinajstić information content (AvgIpc) is 3.45. The summed E-state index contributed by atoms with van der Waals surface area (Å²) >= 11 is 7.12. The third kappa shape index (κ3) is 4.98. The third-order valence-electron chi connectivity index (χ3n) is 4.76. The number of carbonyl (C=O) groups is 2. The van der Waals surface area contributed by atoms with Crippen LogP contribution in [-0.4, -0.2) is 40.0 Å². The molecular formula is C20H19ClN4O4S. The Morgan fingerprint density at radius 2 is 1.97 bits per heavy atom. The minimum Gasteiger partial charge on any atom is -0.486 e. The molecule has 0 radical (unpaired) electrons. The van der Waals surface area contributed by atoms with Crippen molar-refractivity contribution in [1.29, 1.82) is 0 Å². The molecule has 1 N–H and O–H groups in total. The van der Waals surface area contributed by atoms with Crippen LogP contribution in [0.2, 0.25) is 5.02 Å². The van der Waals surface area contributed by atoms with E-state index in [0.29, 0.717) is 52.6 Å². The first-order valence-electron chi connectivity index (χ1n) is 9.43. The maximum absolute atomic E-state index is 12.6. The molecule has 1 saturated heterocycles. The van der Waals surface area contributed by atoms with Crippen LogP contribution in [-0.2, 0) is 11.4 Å². The van der Waals surface area contributed by atoms with Crippen molar-refractivity contribution in [1.82, 2.24) is 15.1 Å². The minimum absolute atomic E-state index is 0.110. The van der Waals surface area contributed by atoms with Crippen LogP contribution in [0.5, 0.6) is 5.75 Å². The summed E-state index contributed by atoms with van der Waals surface area (Å²) in [4.78, 5) is 26.6. The Morgan fingerprint density at radius 3 is 2.67 bits per heavy atom. The van der Waals surface area contributed by atoms with Crippen LogP contribution < -0.4 is 10.1 Å². The van der Waals surface area contributed by atoms with Crippen LogP contribution in [0.25, 0.3) is 0 Å². The molecule has 10 heteroatoms. The molecule has 0 saturated carbocycles. The van der Waals surface area contributed by atoms with Crippen molar-refractivity contribution in [2.45, 2.75) is 19.4 Å². The predicted molar refractivity (Wildman–Crippen MR) is 112 cm³/mol. The number of amides is 2. The lowest BCUT2D eigenvalue weighted by molar-refractivity contribution is -0.121. The van der Waals surface area contributed by atoms with Gasteiger partial charge in [0.2, 0.25) is 11.0 Å². The molecule has 30 heavy (non-hydrogen) atoms. The molecule has 1 aliphatic rings. The summed E-state index contributed by atoms with van der Waals surface area (Å²) in [6.07, 6.45) is 2.65. The molecular weight excluding hydrogens is 428 g/mol. The lowest BCUT2D eigenvalue weighted by atomic mass is 9.96. The van der Waals surface area contributed by atoms with E-state index in [1.54, 1.807) is 41.3 Å². The van der Waals surface area contributed by atoms with Crippen molar-refractivity contribution in [3.8, 4) is 5.75 Å². The highest BCUT2D eigenvalue weighted by Gasteiger charge is 2.29. The number of hydrogen-bond acceptors (Lipinski definition) is 7. The fourth-order valence-corrected chi connectivity index (χ4v) is 3.93. The van der Waals surface area contributed by atoms with Crippen LogP contribution in [0.1, 0.15) is 28.4 Å². The summed E-state index contributed by atoms with van der Waals surface area (Å²) in [6, 6.07) is 10.4. The molecule has 3 aromatic rings. The zero-order chi connectivity index (χ0) is 20.9. The molecule has 2 amide bonds. The van der Waals surface area contributed by atoms with Gasteiger partial charge in [0.05, 0.1) is 6.26 Å². The van der Waals surface area contributed by atoms with Gasteiger partial charge in [-0.3, -0.25) is 9.59 Å². The van der Waals surface area contributed by atoms with Gasteiger partial charge in [0.25, 0.3) is 5.91 Å². The molecule has 8 nitrogen and oxygen atoms in total. The SMILES string of the molecule is O=C(Nc1nnc(COc2ccc(Cl)cc2)s1)C1CCN(C(=O)c2ccco2)CC1. The van der Waals surface area contributed by atoms with E-state index in [1.807, 2.05) is 0 Å². The molecule has 1 fully saturated rings. The highest BCUT2D eigenvalue weighted by molar-refractivity contribution is 7.15. The van der Waals surface area contributed by atoms with Gasteiger partial charge >= 0.3 is 0 Å². The van der Waals surface area contributed by atoms with Crippen molar-refractivity contribution in [2.75, 3.05) is 18.4 Å². The monoisotopic (exact) mass is 446 g/mol. The molecule has 0 unspecified atom stereocenters. The number of furan rings is 1. The van der Waals surface area contributed by atoms with E-state index < -0.39 is 0 Å². The normalized spacial score (nSPS) is 14.5. The van der Waals surface area contributed by atoms with Crippen molar-refractivity contribution in [3.63, 3.8) is 0 Å². The number of carbonyl (C=O) groups excluding carboxylic acids is 2. The van der Waals surface area contributed by atoms with Crippen LogP contribution in [0.15, 0.2) is 47.1 Å². The third-order valence-corrected chi connectivity index (χ3v) is 5.82. The van der Waals surface area contributed by atoms with Gasteiger partial charge in [-0.1, -0.05) is 22.9 Å². The van der Waals surface area contributed by atoms with Crippen molar-refractivity contribution >= 4 is 39.9 Å². The molecule has 0 atom stereocenters. The zero-order valence-corrected chi connectivity index (χ0v) is 17.5. The molecule has 0 aliphatic carbocycles. The van der Waals surface area contributed by atoms with Crippen molar-refractivity contribution < 1.29 is 18.7 Å². The molecule has 156 valence electrons. The van der Waals surface area contributed by atoms with E-state index in [0.717, 1.165) is 0 Å². The first kappa shape index (κ1) is 20.4. The number of piperidine rings is 1. The number of anilines is 1. The summed E-state index contributed by atoms with van der Waals surface area (Å²) < 4.78 is 10.8. The second kappa shape index (κ2) is 9.27. The molecule has 0 spiro atoms. The Labute approximate surface area is 181 Å². The van der Waals surface area contributed by atoms with Gasteiger partial charge in [-0.2, -0.15) is 0 Å². The number of aromatic nitrogens is 2. The molecule has 0 bridgehead atoms. The number of ether oxygens (including phenoxy) is 1. The fourth-order valence-electron chi connectivity index (χ4n) is 3.15. The molecule has 3 heterocycles. The van der Waals surface area contributed by atoms with E-state index in [1.165, 1.54) is 17.6 Å². The number of likely N-dealkylation sites (tertiary alicyclic amines) is 1. The van der Waals surface area contributed by atoms with Gasteiger partial charge in [0, 0.05) is 24.0 Å². The second-order valence-corrected chi connectivity index (χ2v) is 8.28. The maximum Gasteiger partial charge on any atom is 0.289 e. The highest BCUT2D eigenvalue weighted by atomic mass is 35.5. The van der Waals surface area contributed by atoms with E-state index in [4.69, 9.17) is 20.8 Å². The molecule has 2 aromatic heterocycles. The fraction of sp³-hybridized carbons (Fsp3) is 0.300. The first-order chi connectivity index (χ1) is 14.6. The predicted octanol–water partition coefficient (Wildman–Crippen LogP) is 3.85. The molecule has 4 rings (SSSR count). The van der Waals surface area contributed by atoms with E-state index >= 15 is 0 Å². The number of rotatable bonds is 6. The first-order valence-corrected chi connectivity index (χ1v) is 10.6. The lowest BCUT2D eigenvalue weighted by Crippen LogP contribution is -2.41. The van der Waals surface area contributed by atoms with Crippen molar-refractivity contribution in [2.24, 2.45) is 5.92 Å². The maximum atomic E-state index is 12.6. The van der Waals surface area contributed by atoms with E-state index in [2.05, 4.69) is 15.5 Å². The number of halogens is 1. The Morgan fingerprint density at radius 1 is 1.20 bits per heavy atom. The van der Waals surface area contributed by atoms with Crippen LogP contribution in [0, 0.1) is 5.92 Å². The molecule has 1 aliphatic heterocycles. The number of nitrogens with one attached hydrogen (secondary N) is 1. The van der Waals surface area contributed by atoms with Gasteiger partial charge < -0.3 is 19.4 Å². The van der Waals surface area contributed by atoms with Crippen molar-refractivity contribution in [3.05, 3.63) is 58.5 Å². The summed E-state index contributed by atoms with van der Waals surface area (Å²) in [5, 5.41) is 12.6. The largest absolute Gasteiger partial charge is 0.486 e. The summed E-state index contributed by atoms with van der Waals surface area (Å²) in [6.45, 7) is 1.27. The Balaban J connectivity index is 1.24. The molecule has 1 aromatic carbocycles. The highest BCUT2D eigenvalue weighted by Crippen LogP contribution is 2.23. The van der Waals surface area contributed by atoms with Crippen LogP contribution >= 0.6 is 22.9 Å². The number of hydrogen-bond donors (Lipinski definition) is 1. The van der Waals surface area contributed by atoms with Crippen LogP contribution in [0.3, 0.4) is 0 Å². The number of nitrogens with zero attached hydrogens (tertiary/aromatic N) is 3. The topological polar surface area (TPSA) is 97.6 Å². The smallest absolute Gasteiger partial charge is 0.289 e. The quantitative estimate of drug-likeness (QED) is 0.617. The summed E-state index contributed by atoms with van der Waals surface area (Å²) in [5.74, 6) is 0.564. The summed E-state index contributed by atoms with van der Waals surface area (Å²) in [7, 11) is 0. The van der Waals surface area contributed by atoms with E-state index in [-0.39, 0.29) is 24.3 Å². The Kier molecular flexibility index (Phi) is 6.29. The minimum atomic E-state index is -0.177. The Hall–Kier alpha value is -2.91.